The van der Waals surface area contributed by atoms with Gasteiger partial charge in [0.25, 0.3) is 5.56 Å². The number of unbranched alkanes of at least 4 members (excludes halogenated alkanes) is 1. The number of aliphatic hydroxyl groups is 1. The highest BCUT2D eigenvalue weighted by atomic mass is 16.5. The van der Waals surface area contributed by atoms with Crippen molar-refractivity contribution in [3.63, 3.8) is 0 Å². The van der Waals surface area contributed by atoms with Gasteiger partial charge in [-0.05, 0) is 122 Å². The Morgan fingerprint density at radius 1 is 0.956 bits per heavy atom. The molecule has 7 nitrogen and oxygen atoms in total. The molecule has 4 fully saturated rings. The first-order valence-corrected chi connectivity index (χ1v) is 17.9. The number of nitrogens with one attached hydrogen (secondary N) is 1. The summed E-state index contributed by atoms with van der Waals surface area (Å²) < 4.78 is 7.62. The number of H-pyrrole nitrogens is 1. The fraction of sp³-hybridized carbons (Fsp3) is 0.816. The van der Waals surface area contributed by atoms with Crippen LogP contribution in [0.25, 0.3) is 0 Å². The molecule has 6 rings (SSSR count). The number of ether oxygens (including phenoxy) is 1. The maximum absolute atomic E-state index is 14.2. The van der Waals surface area contributed by atoms with Gasteiger partial charge in [-0.3, -0.25) is 14.6 Å². The molecule has 45 heavy (non-hydrogen) atoms. The number of hydrogen-bond donors (Lipinski definition) is 2. The van der Waals surface area contributed by atoms with Gasteiger partial charge in [-0.1, -0.05) is 60.1 Å². The van der Waals surface area contributed by atoms with E-state index in [1.165, 1.54) is 29.7 Å². The number of esters is 1. The third-order valence-electron chi connectivity index (χ3n) is 14.9. The minimum atomic E-state index is -0.460. The average Bonchev–Trinajstić information content (AvgIpc) is 2.96. The summed E-state index contributed by atoms with van der Waals surface area (Å²) in [4.78, 5) is 39.9. The van der Waals surface area contributed by atoms with Crippen LogP contribution in [0.5, 0.6) is 0 Å². The lowest BCUT2D eigenvalue weighted by atomic mass is 9.33. The first-order chi connectivity index (χ1) is 21.0. The minimum Gasteiger partial charge on any atom is -0.465 e. The monoisotopic (exact) mass is 622 g/mol. The number of carbonyl (C=O) groups excluding carboxylic acids is 1. The summed E-state index contributed by atoms with van der Waals surface area (Å²) in [6.07, 6.45) is 15.6. The number of aromatic nitrogens is 2. The van der Waals surface area contributed by atoms with Gasteiger partial charge in [-0.2, -0.15) is 0 Å². The van der Waals surface area contributed by atoms with Gasteiger partial charge < -0.3 is 14.4 Å². The number of aliphatic hydroxyl groups excluding tert-OH is 1. The van der Waals surface area contributed by atoms with Gasteiger partial charge in [-0.25, -0.2) is 4.79 Å². The van der Waals surface area contributed by atoms with E-state index < -0.39 is 16.7 Å². The van der Waals surface area contributed by atoms with E-state index in [-0.39, 0.29) is 45.1 Å². The summed E-state index contributed by atoms with van der Waals surface area (Å²) in [5.74, 6) is 1.30. The second kappa shape index (κ2) is 11.0. The van der Waals surface area contributed by atoms with Crippen molar-refractivity contribution in [1.29, 1.82) is 0 Å². The average molecular weight is 623 g/mol. The summed E-state index contributed by atoms with van der Waals surface area (Å²) in [5.41, 5.74) is 0.838. The standard InChI is InChI=1S/C38H58N2O5/c1-33(2)17-19-38(31(43)45-23-9-8-21-40-22-14-30(42)39-32(40)44)20-18-36(6)25(26(38)24-33)10-11-28-35(5)15-13-29(41)34(3,4)27(35)12-16-37(28,36)7/h10,14,22,26-29,41H,8-9,11-13,15-21,23-24H2,1-7H3,(H,39,42,44)/t26-,27-,28+,29-,35-,36+,37+,38-/m0/s1. The predicted molar refractivity (Wildman–Crippen MR) is 177 cm³/mol. The molecule has 0 saturated heterocycles. The number of nitrogens with zero attached hydrogens (tertiary/aromatic N) is 1. The van der Waals surface area contributed by atoms with Gasteiger partial charge in [-0.15, -0.1) is 0 Å². The number of carbonyl (C=O) groups is 1. The third kappa shape index (κ3) is 4.95. The Hall–Kier alpha value is -2.15. The van der Waals surface area contributed by atoms with E-state index in [2.05, 4.69) is 59.5 Å². The van der Waals surface area contributed by atoms with Crippen LogP contribution in [0.15, 0.2) is 33.5 Å². The van der Waals surface area contributed by atoms with Crippen LogP contribution in [-0.4, -0.2) is 33.3 Å². The molecule has 0 aliphatic heterocycles. The Morgan fingerprint density at radius 3 is 2.42 bits per heavy atom. The molecular weight excluding hydrogens is 564 g/mol. The Labute approximate surface area is 269 Å². The van der Waals surface area contributed by atoms with Gasteiger partial charge in [0.2, 0.25) is 0 Å². The summed E-state index contributed by atoms with van der Waals surface area (Å²) in [5, 5.41) is 11.0. The van der Waals surface area contributed by atoms with Crippen LogP contribution in [0.2, 0.25) is 0 Å². The SMILES string of the molecule is CC1(C)CC[C@]2(C(=O)OCCCCn3ccc(=O)[nH]c3=O)CC[C@]3(C)C(=CC[C@@H]4[C@@]5(C)CC[C@H](O)C(C)(C)[C@@H]5CC[C@]43C)[C@@H]2C1. The van der Waals surface area contributed by atoms with Crippen LogP contribution in [0.1, 0.15) is 126 Å². The van der Waals surface area contributed by atoms with Crippen LogP contribution < -0.4 is 11.2 Å². The fourth-order valence-corrected chi connectivity index (χ4v) is 11.9. The second-order valence-electron chi connectivity index (χ2n) is 17.9. The highest BCUT2D eigenvalue weighted by molar-refractivity contribution is 5.78. The molecular formula is C38H58N2O5. The smallest absolute Gasteiger partial charge is 0.328 e. The number of rotatable bonds is 6. The molecule has 0 unspecified atom stereocenters. The van der Waals surface area contributed by atoms with E-state index in [1.807, 2.05) is 0 Å². The molecule has 250 valence electrons. The lowest BCUT2D eigenvalue weighted by Gasteiger charge is -2.71. The van der Waals surface area contributed by atoms with Gasteiger partial charge in [0.15, 0.2) is 0 Å². The molecule has 1 aromatic heterocycles. The molecule has 5 aliphatic carbocycles. The zero-order valence-electron chi connectivity index (χ0n) is 29.0. The van der Waals surface area contributed by atoms with E-state index in [9.17, 15) is 19.5 Å². The molecule has 5 aliphatic rings. The zero-order chi connectivity index (χ0) is 32.6. The second-order valence-corrected chi connectivity index (χ2v) is 17.9. The molecule has 7 heteroatoms. The van der Waals surface area contributed by atoms with E-state index >= 15 is 0 Å². The molecule has 0 aromatic carbocycles. The molecule has 0 spiro atoms. The number of aromatic amines is 1. The topological polar surface area (TPSA) is 101 Å². The van der Waals surface area contributed by atoms with Gasteiger partial charge in [0, 0.05) is 18.8 Å². The molecule has 4 saturated carbocycles. The number of allylic oxidation sites excluding steroid dienone is 2. The van der Waals surface area contributed by atoms with Crippen molar-refractivity contribution in [3.8, 4) is 0 Å². The van der Waals surface area contributed by atoms with Crippen molar-refractivity contribution in [1.82, 2.24) is 9.55 Å². The summed E-state index contributed by atoms with van der Waals surface area (Å²) in [7, 11) is 0. The Morgan fingerprint density at radius 2 is 1.69 bits per heavy atom. The summed E-state index contributed by atoms with van der Waals surface area (Å²) in [6, 6.07) is 1.36. The quantitative estimate of drug-likeness (QED) is 0.202. The largest absolute Gasteiger partial charge is 0.465 e. The number of fused-ring (bicyclic) bond motifs is 7. The zero-order valence-corrected chi connectivity index (χ0v) is 29.0. The van der Waals surface area contributed by atoms with E-state index in [0.717, 1.165) is 51.4 Å². The highest BCUT2D eigenvalue weighted by Gasteiger charge is 2.69. The molecule has 1 aromatic rings. The molecule has 0 amide bonds. The van der Waals surface area contributed by atoms with Crippen LogP contribution in [0.3, 0.4) is 0 Å². The van der Waals surface area contributed by atoms with Crippen molar-refractivity contribution in [3.05, 3.63) is 44.8 Å². The Bertz CT molecular complexity index is 1470. The maximum atomic E-state index is 14.2. The Kier molecular flexibility index (Phi) is 7.98. The first-order valence-electron chi connectivity index (χ1n) is 17.9. The van der Waals surface area contributed by atoms with E-state index in [1.54, 1.807) is 5.57 Å². The van der Waals surface area contributed by atoms with Crippen LogP contribution in [-0.2, 0) is 16.1 Å². The molecule has 0 bridgehead atoms. The van der Waals surface area contributed by atoms with Gasteiger partial charge >= 0.3 is 11.7 Å². The highest BCUT2D eigenvalue weighted by Crippen LogP contribution is 2.75. The summed E-state index contributed by atoms with van der Waals surface area (Å²) in [6.45, 7) is 17.9. The lowest BCUT2D eigenvalue weighted by molar-refractivity contribution is -0.206. The Balaban J connectivity index is 1.23. The molecule has 0 radical (unpaired) electrons. The van der Waals surface area contributed by atoms with Crippen molar-refractivity contribution in [2.45, 2.75) is 138 Å². The van der Waals surface area contributed by atoms with Crippen molar-refractivity contribution in [2.75, 3.05) is 6.61 Å². The fourth-order valence-electron chi connectivity index (χ4n) is 11.9. The minimum absolute atomic E-state index is 0.0156. The van der Waals surface area contributed by atoms with Gasteiger partial charge in [0.1, 0.15) is 0 Å². The molecule has 1 heterocycles. The molecule has 2 N–H and O–H groups in total. The number of aryl methyl sites for hydroxylation is 1. The summed E-state index contributed by atoms with van der Waals surface area (Å²) >= 11 is 0. The normalized spacial score (nSPS) is 41.5. The first kappa shape index (κ1) is 32.8. The van der Waals surface area contributed by atoms with Crippen LogP contribution in [0.4, 0.5) is 0 Å². The predicted octanol–water partition coefficient (Wildman–Crippen LogP) is 7.02. The lowest BCUT2D eigenvalue weighted by Crippen LogP contribution is -2.65. The number of hydrogen-bond acceptors (Lipinski definition) is 5. The van der Waals surface area contributed by atoms with E-state index in [4.69, 9.17) is 4.74 Å². The third-order valence-corrected chi connectivity index (χ3v) is 14.9. The van der Waals surface area contributed by atoms with Crippen LogP contribution in [0, 0.1) is 50.2 Å². The van der Waals surface area contributed by atoms with Crippen molar-refractivity contribution in [2.24, 2.45) is 50.2 Å². The van der Waals surface area contributed by atoms with Crippen molar-refractivity contribution < 1.29 is 14.6 Å². The van der Waals surface area contributed by atoms with Crippen molar-refractivity contribution >= 4 is 5.97 Å². The van der Waals surface area contributed by atoms with Gasteiger partial charge in [0.05, 0.1) is 18.1 Å². The van der Waals surface area contributed by atoms with Crippen LogP contribution >= 0.6 is 0 Å². The maximum Gasteiger partial charge on any atom is 0.328 e. The van der Waals surface area contributed by atoms with E-state index in [0.29, 0.717) is 37.8 Å². The molecule has 8 atom stereocenters.